The summed E-state index contributed by atoms with van der Waals surface area (Å²) in [4.78, 5) is 0. The number of allylic oxidation sites excluding steroid dienone is 2. The van der Waals surface area contributed by atoms with Crippen molar-refractivity contribution in [2.24, 2.45) is 0 Å². The molecule has 0 atom stereocenters. The molecule has 0 N–H and O–H groups in total. The van der Waals surface area contributed by atoms with Gasteiger partial charge in [0.05, 0.1) is 0 Å². The maximum absolute atomic E-state index is 13.3. The molecule has 0 saturated heterocycles. The Bertz CT molecular complexity index is 359. The van der Waals surface area contributed by atoms with Crippen molar-refractivity contribution in [3.63, 3.8) is 0 Å². The Balaban J connectivity index is 2.76. The van der Waals surface area contributed by atoms with Crippen LogP contribution in [0.3, 0.4) is 0 Å². The number of rotatable bonds is 4. The molecule has 3 heteroatoms. The molecule has 0 spiro atoms. The third kappa shape index (κ3) is 3.74. The van der Waals surface area contributed by atoms with Gasteiger partial charge in [0.2, 0.25) is 0 Å². The minimum Gasteiger partial charge on any atom is -0.204 e. The first-order valence-electron chi connectivity index (χ1n) is 4.79. The second-order valence-electron chi connectivity index (χ2n) is 3.42. The summed E-state index contributed by atoms with van der Waals surface area (Å²) >= 11 is 3.31. The van der Waals surface area contributed by atoms with Crippen LogP contribution >= 0.6 is 15.9 Å². The Labute approximate surface area is 97.1 Å². The molecule has 0 aliphatic rings. The predicted molar refractivity (Wildman–Crippen MR) is 62.2 cm³/mol. The quantitative estimate of drug-likeness (QED) is 0.569. The summed E-state index contributed by atoms with van der Waals surface area (Å²) in [6.07, 6.45) is 3.40. The van der Waals surface area contributed by atoms with Crippen LogP contribution in [0.1, 0.15) is 18.9 Å². The summed E-state index contributed by atoms with van der Waals surface area (Å²) in [6, 6.07) is 4.28. The predicted octanol–water partition coefficient (Wildman–Crippen LogP) is 4.24. The average molecular weight is 275 g/mol. The van der Waals surface area contributed by atoms with E-state index in [0.29, 0.717) is 12.0 Å². The van der Waals surface area contributed by atoms with Crippen LogP contribution in [0.25, 0.3) is 0 Å². The van der Waals surface area contributed by atoms with Crippen molar-refractivity contribution in [2.75, 3.05) is 5.33 Å². The van der Waals surface area contributed by atoms with E-state index in [2.05, 4.69) is 15.9 Å². The highest BCUT2D eigenvalue weighted by molar-refractivity contribution is 9.09. The Hall–Kier alpha value is -0.700. The SMILES string of the molecule is CC(=CCCBr)Cc1cccc(F)c1F. The fourth-order valence-corrected chi connectivity index (χ4v) is 1.59. The second kappa shape index (κ2) is 6.01. The van der Waals surface area contributed by atoms with Crippen molar-refractivity contribution in [3.8, 4) is 0 Å². The summed E-state index contributed by atoms with van der Waals surface area (Å²) < 4.78 is 26.2. The molecular weight excluding hydrogens is 262 g/mol. The largest absolute Gasteiger partial charge is 0.204 e. The molecule has 82 valence electrons. The van der Waals surface area contributed by atoms with Gasteiger partial charge in [-0.15, -0.1) is 0 Å². The highest BCUT2D eigenvalue weighted by atomic mass is 79.9. The highest BCUT2D eigenvalue weighted by Crippen LogP contribution is 2.15. The van der Waals surface area contributed by atoms with Gasteiger partial charge in [-0.3, -0.25) is 0 Å². The lowest BCUT2D eigenvalue weighted by Gasteiger charge is -2.04. The Morgan fingerprint density at radius 1 is 1.40 bits per heavy atom. The van der Waals surface area contributed by atoms with Crippen molar-refractivity contribution in [2.45, 2.75) is 19.8 Å². The van der Waals surface area contributed by atoms with Gasteiger partial charge < -0.3 is 0 Å². The van der Waals surface area contributed by atoms with E-state index in [1.54, 1.807) is 6.07 Å². The third-order valence-electron chi connectivity index (χ3n) is 2.10. The number of hydrogen-bond acceptors (Lipinski definition) is 0. The van der Waals surface area contributed by atoms with Crippen LogP contribution in [0.2, 0.25) is 0 Å². The fraction of sp³-hybridized carbons (Fsp3) is 0.333. The maximum Gasteiger partial charge on any atom is 0.162 e. The molecule has 1 rings (SSSR count). The number of benzene rings is 1. The molecule has 0 amide bonds. The molecular formula is C12H13BrF2. The molecule has 15 heavy (non-hydrogen) atoms. The Kier molecular flexibility index (Phi) is 4.95. The molecule has 0 fully saturated rings. The van der Waals surface area contributed by atoms with E-state index >= 15 is 0 Å². The average Bonchev–Trinajstić information content (AvgIpc) is 2.22. The molecule has 0 aromatic heterocycles. The Morgan fingerprint density at radius 3 is 2.80 bits per heavy atom. The molecule has 0 aliphatic carbocycles. The van der Waals surface area contributed by atoms with Gasteiger partial charge in [0.25, 0.3) is 0 Å². The van der Waals surface area contributed by atoms with Gasteiger partial charge in [-0.1, -0.05) is 39.7 Å². The van der Waals surface area contributed by atoms with Gasteiger partial charge in [0.15, 0.2) is 11.6 Å². The van der Waals surface area contributed by atoms with E-state index in [1.165, 1.54) is 6.07 Å². The summed E-state index contributed by atoms with van der Waals surface area (Å²) in [6.45, 7) is 1.92. The van der Waals surface area contributed by atoms with Crippen LogP contribution in [0, 0.1) is 11.6 Å². The first-order valence-corrected chi connectivity index (χ1v) is 5.91. The fourth-order valence-electron chi connectivity index (χ4n) is 1.36. The van der Waals surface area contributed by atoms with E-state index in [4.69, 9.17) is 0 Å². The summed E-state index contributed by atoms with van der Waals surface area (Å²) in [7, 11) is 0. The van der Waals surface area contributed by atoms with Gasteiger partial charge in [-0.25, -0.2) is 8.78 Å². The van der Waals surface area contributed by atoms with Crippen LogP contribution in [0.5, 0.6) is 0 Å². The van der Waals surface area contributed by atoms with Gasteiger partial charge in [0, 0.05) is 5.33 Å². The normalized spacial score (nSPS) is 11.9. The van der Waals surface area contributed by atoms with E-state index in [1.807, 2.05) is 13.0 Å². The zero-order valence-corrected chi connectivity index (χ0v) is 10.2. The Morgan fingerprint density at radius 2 is 2.13 bits per heavy atom. The molecule has 1 aromatic carbocycles. The molecule has 0 saturated carbocycles. The smallest absolute Gasteiger partial charge is 0.162 e. The molecule has 0 unspecified atom stereocenters. The topological polar surface area (TPSA) is 0 Å². The van der Waals surface area contributed by atoms with Crippen molar-refractivity contribution in [1.82, 2.24) is 0 Å². The zero-order chi connectivity index (χ0) is 11.3. The standard InChI is InChI=1S/C12H13BrF2/c1-9(4-3-7-13)8-10-5-2-6-11(14)12(10)15/h2,4-6H,3,7-8H2,1H3. The minimum atomic E-state index is -0.777. The van der Waals surface area contributed by atoms with E-state index in [0.717, 1.165) is 23.4 Å². The molecule has 0 nitrogen and oxygen atoms in total. The molecule has 0 bridgehead atoms. The van der Waals surface area contributed by atoms with Crippen molar-refractivity contribution in [1.29, 1.82) is 0 Å². The molecule has 0 heterocycles. The summed E-state index contributed by atoms with van der Waals surface area (Å²) in [5.41, 5.74) is 1.47. The van der Waals surface area contributed by atoms with Crippen LogP contribution in [-0.2, 0) is 6.42 Å². The number of hydrogen-bond donors (Lipinski definition) is 0. The lowest BCUT2D eigenvalue weighted by atomic mass is 10.0. The minimum absolute atomic E-state index is 0.415. The lowest BCUT2D eigenvalue weighted by molar-refractivity contribution is 0.500. The van der Waals surface area contributed by atoms with Crippen LogP contribution in [0.4, 0.5) is 8.78 Å². The monoisotopic (exact) mass is 274 g/mol. The number of halogens is 3. The van der Waals surface area contributed by atoms with Crippen molar-refractivity contribution < 1.29 is 8.78 Å². The van der Waals surface area contributed by atoms with Crippen LogP contribution in [-0.4, -0.2) is 5.33 Å². The zero-order valence-electron chi connectivity index (χ0n) is 8.56. The summed E-state index contributed by atoms with van der Waals surface area (Å²) in [5.74, 6) is -1.51. The maximum atomic E-state index is 13.3. The lowest BCUT2D eigenvalue weighted by Crippen LogP contribution is -1.95. The van der Waals surface area contributed by atoms with Crippen LogP contribution in [0.15, 0.2) is 29.8 Å². The van der Waals surface area contributed by atoms with Gasteiger partial charge >= 0.3 is 0 Å². The van der Waals surface area contributed by atoms with Crippen LogP contribution < -0.4 is 0 Å². The van der Waals surface area contributed by atoms with Gasteiger partial charge in [-0.05, 0) is 31.4 Å². The third-order valence-corrected chi connectivity index (χ3v) is 2.56. The first kappa shape index (κ1) is 12.4. The first-order chi connectivity index (χ1) is 7.15. The van der Waals surface area contributed by atoms with E-state index < -0.39 is 11.6 Å². The highest BCUT2D eigenvalue weighted by Gasteiger charge is 2.07. The van der Waals surface area contributed by atoms with Gasteiger partial charge in [0.1, 0.15) is 0 Å². The number of alkyl halides is 1. The molecule has 0 aliphatic heterocycles. The molecule has 0 radical (unpaired) electrons. The summed E-state index contributed by atoms with van der Waals surface area (Å²) in [5, 5.41) is 0.885. The van der Waals surface area contributed by atoms with E-state index in [-0.39, 0.29) is 0 Å². The molecule has 1 aromatic rings. The second-order valence-corrected chi connectivity index (χ2v) is 4.21. The van der Waals surface area contributed by atoms with E-state index in [9.17, 15) is 8.78 Å². The van der Waals surface area contributed by atoms with Crippen molar-refractivity contribution in [3.05, 3.63) is 47.0 Å². The van der Waals surface area contributed by atoms with Crippen molar-refractivity contribution >= 4 is 15.9 Å². The van der Waals surface area contributed by atoms with Gasteiger partial charge in [-0.2, -0.15) is 0 Å².